The van der Waals surface area contributed by atoms with E-state index in [2.05, 4.69) is 140 Å². The fourth-order valence-electron chi connectivity index (χ4n) is 3.68. The molecule has 1 N–H and O–H groups in total. The van der Waals surface area contributed by atoms with Crippen LogP contribution in [0.5, 0.6) is 0 Å². The molecule has 0 aliphatic rings. The smallest absolute Gasteiger partial charge is 0.193 e. The van der Waals surface area contributed by atoms with Crippen LogP contribution in [-0.4, -0.2) is 20.5 Å². The van der Waals surface area contributed by atoms with E-state index in [-0.39, 0.29) is 22.1 Å². The number of rotatable bonds is 10. The molecule has 0 saturated heterocycles. The molecule has 0 saturated carbocycles. The van der Waals surface area contributed by atoms with E-state index in [9.17, 15) is 0 Å². The van der Waals surface area contributed by atoms with Gasteiger partial charge in [0.2, 0.25) is 0 Å². The van der Waals surface area contributed by atoms with Gasteiger partial charge in [0, 0.05) is 12.0 Å². The molecule has 176 valence electrons. The Hall–Kier alpha value is -1.68. The van der Waals surface area contributed by atoms with E-state index in [4.69, 9.17) is 4.43 Å². The number of hydrogen-bond acceptors (Lipinski definition) is 2. The van der Waals surface area contributed by atoms with E-state index in [1.165, 1.54) is 11.1 Å². The molecule has 0 aliphatic heterocycles. The Kier molecular flexibility index (Phi) is 8.72. The minimum Gasteiger partial charge on any atom is -0.408 e. The highest BCUT2D eigenvalue weighted by Crippen LogP contribution is 2.45. The molecule has 2 aromatic rings. The summed E-state index contributed by atoms with van der Waals surface area (Å²) in [7, 11) is -1.96. The molecule has 0 fully saturated rings. The summed E-state index contributed by atoms with van der Waals surface area (Å²) in [4.78, 5) is 0. The van der Waals surface area contributed by atoms with Crippen LogP contribution in [0.3, 0.4) is 0 Å². The molecule has 1 unspecified atom stereocenters. The van der Waals surface area contributed by atoms with Crippen LogP contribution >= 0.6 is 0 Å². The van der Waals surface area contributed by atoms with Gasteiger partial charge in [-0.1, -0.05) is 114 Å². The quantitative estimate of drug-likeness (QED) is 0.291. The standard InChI is InChI=1S/C29H45NOSi/c1-10-11-22-29(7,31-32(8,9)27(2,3)4)28(5,6)23-30-26(24-18-14-12-15-19-24)25-20-16-13-17-21-25/h11-22,26,30H,10,23H2,1-9H3/b22-11-. The first-order chi connectivity index (χ1) is 14.8. The second-order valence-electron chi connectivity index (χ2n) is 11.3. The van der Waals surface area contributed by atoms with Crippen molar-refractivity contribution in [2.45, 2.75) is 84.7 Å². The number of nitrogens with one attached hydrogen (secondary N) is 1. The molecule has 32 heavy (non-hydrogen) atoms. The summed E-state index contributed by atoms with van der Waals surface area (Å²) < 4.78 is 7.11. The van der Waals surface area contributed by atoms with Gasteiger partial charge < -0.3 is 9.74 Å². The van der Waals surface area contributed by atoms with Crippen molar-refractivity contribution in [3.05, 3.63) is 83.9 Å². The molecule has 2 rings (SSSR count). The molecule has 0 heterocycles. The highest BCUT2D eigenvalue weighted by molar-refractivity contribution is 6.74. The van der Waals surface area contributed by atoms with Crippen LogP contribution in [0.25, 0.3) is 0 Å². The van der Waals surface area contributed by atoms with Crippen molar-refractivity contribution in [3.8, 4) is 0 Å². The van der Waals surface area contributed by atoms with Gasteiger partial charge in [0.25, 0.3) is 0 Å². The molecule has 0 amide bonds. The maximum absolute atomic E-state index is 7.11. The minimum absolute atomic E-state index is 0.115. The van der Waals surface area contributed by atoms with Gasteiger partial charge in [-0.25, -0.2) is 0 Å². The zero-order valence-corrected chi connectivity index (χ0v) is 22.8. The summed E-state index contributed by atoms with van der Waals surface area (Å²) in [6, 6.07) is 21.6. The van der Waals surface area contributed by atoms with Gasteiger partial charge in [0.1, 0.15) is 0 Å². The maximum Gasteiger partial charge on any atom is 0.193 e. The van der Waals surface area contributed by atoms with Gasteiger partial charge in [-0.05, 0) is 42.6 Å². The second-order valence-corrected chi connectivity index (χ2v) is 16.0. The average Bonchev–Trinajstić information content (AvgIpc) is 2.72. The molecule has 2 aromatic carbocycles. The number of hydrogen-bond donors (Lipinski definition) is 1. The van der Waals surface area contributed by atoms with Gasteiger partial charge in [-0.2, -0.15) is 0 Å². The summed E-state index contributed by atoms with van der Waals surface area (Å²) in [5.41, 5.74) is 2.09. The number of benzene rings is 2. The molecule has 0 aliphatic carbocycles. The fraction of sp³-hybridized carbons (Fsp3) is 0.517. The lowest BCUT2D eigenvalue weighted by Gasteiger charge is -2.50. The summed E-state index contributed by atoms with van der Waals surface area (Å²) >= 11 is 0. The Morgan fingerprint density at radius 1 is 0.844 bits per heavy atom. The van der Waals surface area contributed by atoms with Crippen molar-refractivity contribution in [2.24, 2.45) is 5.41 Å². The number of allylic oxidation sites excluding steroid dienone is 1. The fourth-order valence-corrected chi connectivity index (χ4v) is 5.39. The zero-order valence-electron chi connectivity index (χ0n) is 21.8. The monoisotopic (exact) mass is 451 g/mol. The van der Waals surface area contributed by atoms with Gasteiger partial charge in [0.15, 0.2) is 8.32 Å². The third-order valence-corrected chi connectivity index (χ3v) is 11.8. The van der Waals surface area contributed by atoms with Crippen LogP contribution < -0.4 is 5.32 Å². The van der Waals surface area contributed by atoms with E-state index in [1.807, 2.05) is 0 Å². The van der Waals surface area contributed by atoms with Gasteiger partial charge in [-0.15, -0.1) is 0 Å². The van der Waals surface area contributed by atoms with Crippen LogP contribution in [0.4, 0.5) is 0 Å². The van der Waals surface area contributed by atoms with Crippen molar-refractivity contribution in [1.82, 2.24) is 5.32 Å². The second kappa shape index (κ2) is 10.5. The van der Waals surface area contributed by atoms with Gasteiger partial charge >= 0.3 is 0 Å². The SMILES string of the molecule is CC/C=C\C(C)(O[Si](C)(C)C(C)(C)C)C(C)(C)CNC(c1ccccc1)c1ccccc1. The van der Waals surface area contributed by atoms with Crippen LogP contribution in [0, 0.1) is 5.41 Å². The highest BCUT2D eigenvalue weighted by atomic mass is 28.4. The van der Waals surface area contributed by atoms with Crippen LogP contribution in [0.2, 0.25) is 18.1 Å². The van der Waals surface area contributed by atoms with Gasteiger partial charge in [-0.3, -0.25) is 0 Å². The third kappa shape index (κ3) is 6.43. The van der Waals surface area contributed by atoms with Crippen LogP contribution in [0.1, 0.15) is 72.1 Å². The molecule has 0 spiro atoms. The predicted octanol–water partition coefficient (Wildman–Crippen LogP) is 8.14. The summed E-state index contributed by atoms with van der Waals surface area (Å²) in [5, 5.41) is 4.06. The Labute approximate surface area is 198 Å². The molecule has 0 radical (unpaired) electrons. The molecule has 2 nitrogen and oxygen atoms in total. The Morgan fingerprint density at radius 3 is 1.72 bits per heavy atom. The van der Waals surface area contributed by atoms with E-state index in [0.717, 1.165) is 13.0 Å². The van der Waals surface area contributed by atoms with Crippen molar-refractivity contribution in [3.63, 3.8) is 0 Å². The predicted molar refractivity (Wildman–Crippen MR) is 143 cm³/mol. The Balaban J connectivity index is 2.36. The molecule has 1 atom stereocenters. The van der Waals surface area contributed by atoms with Crippen LogP contribution in [-0.2, 0) is 4.43 Å². The summed E-state index contributed by atoms with van der Waals surface area (Å²) in [6.07, 6.45) is 5.59. The summed E-state index contributed by atoms with van der Waals surface area (Å²) in [5.74, 6) is 0. The molecule has 0 bridgehead atoms. The van der Waals surface area contributed by atoms with Crippen molar-refractivity contribution in [1.29, 1.82) is 0 Å². The Morgan fingerprint density at radius 2 is 1.31 bits per heavy atom. The molecule has 3 heteroatoms. The van der Waals surface area contributed by atoms with E-state index >= 15 is 0 Å². The molecular weight excluding hydrogens is 406 g/mol. The molecular formula is C29H45NOSi. The van der Waals surface area contributed by atoms with E-state index in [1.54, 1.807) is 0 Å². The molecule has 0 aromatic heterocycles. The van der Waals surface area contributed by atoms with Crippen LogP contribution in [0.15, 0.2) is 72.8 Å². The van der Waals surface area contributed by atoms with Crippen molar-refractivity contribution < 1.29 is 4.43 Å². The van der Waals surface area contributed by atoms with E-state index < -0.39 is 8.32 Å². The Bertz CT molecular complexity index is 812. The third-order valence-electron chi connectivity index (χ3n) is 7.30. The first-order valence-corrected chi connectivity index (χ1v) is 14.9. The topological polar surface area (TPSA) is 21.3 Å². The lowest BCUT2D eigenvalue weighted by atomic mass is 9.75. The lowest BCUT2D eigenvalue weighted by Crippen LogP contribution is -2.56. The van der Waals surface area contributed by atoms with Gasteiger partial charge in [0.05, 0.1) is 11.6 Å². The summed E-state index contributed by atoms with van der Waals surface area (Å²) in [6.45, 7) is 21.6. The van der Waals surface area contributed by atoms with Crippen molar-refractivity contribution in [2.75, 3.05) is 6.54 Å². The zero-order chi connectivity index (χ0) is 24.0. The van der Waals surface area contributed by atoms with Crippen molar-refractivity contribution >= 4 is 8.32 Å². The average molecular weight is 452 g/mol. The maximum atomic E-state index is 7.11. The first kappa shape index (κ1) is 26.6. The first-order valence-electron chi connectivity index (χ1n) is 12.0. The highest BCUT2D eigenvalue weighted by Gasteiger charge is 2.48. The van der Waals surface area contributed by atoms with E-state index in [0.29, 0.717) is 0 Å². The lowest BCUT2D eigenvalue weighted by molar-refractivity contribution is 0.00305. The largest absolute Gasteiger partial charge is 0.408 e. The normalized spacial score (nSPS) is 15.3. The minimum atomic E-state index is -1.96.